The maximum absolute atomic E-state index is 9.75. The number of hydrogen-bond acceptors (Lipinski definition) is 0. The van der Waals surface area contributed by atoms with Crippen LogP contribution in [0.5, 0.6) is 0 Å². The van der Waals surface area contributed by atoms with Gasteiger partial charge in [-0.25, -0.2) is 0 Å². The van der Waals surface area contributed by atoms with Crippen LogP contribution in [-0.2, 0) is 0 Å². The van der Waals surface area contributed by atoms with E-state index in [9.17, 15) is 17.3 Å². The molecule has 9 heavy (non-hydrogen) atoms. The molecule has 0 aromatic carbocycles. The zero-order valence-electron chi connectivity index (χ0n) is 5.59. The Bertz CT molecular complexity index is 52.6. The lowest BCUT2D eigenvalue weighted by Gasteiger charge is -1.94. The maximum atomic E-state index is 9.75. The van der Waals surface area contributed by atoms with E-state index < -0.39 is 7.25 Å². The van der Waals surface area contributed by atoms with Gasteiger partial charge in [0, 0.05) is 0 Å². The fourth-order valence-electron chi connectivity index (χ4n) is 0. The lowest BCUT2D eigenvalue weighted by atomic mass is 10.3. The molecule has 0 atom stereocenters. The second-order valence-corrected chi connectivity index (χ2v) is 1.99. The van der Waals surface area contributed by atoms with Crippen molar-refractivity contribution in [3.63, 3.8) is 0 Å². The molecule has 0 amide bonds. The summed E-state index contributed by atoms with van der Waals surface area (Å²) in [7, 11) is 0.250. The Morgan fingerprint density at radius 1 is 0.889 bits per heavy atom. The average molecular weight is 147 g/mol. The summed E-state index contributed by atoms with van der Waals surface area (Å²) in [4.78, 5) is 1.42. The van der Waals surface area contributed by atoms with Crippen molar-refractivity contribution in [3.8, 4) is 0 Å². The Morgan fingerprint density at radius 2 is 0.889 bits per heavy atom. The maximum Gasteiger partial charge on any atom is 0.673 e. The van der Waals surface area contributed by atoms with Crippen molar-refractivity contribution in [1.29, 1.82) is 0 Å². The minimum Gasteiger partial charge on any atom is -0.418 e. The largest absolute Gasteiger partial charge is 0.673 e. The van der Waals surface area contributed by atoms with E-state index in [4.69, 9.17) is 0 Å². The number of hydrogen-bond donors (Lipinski definition) is 1. The monoisotopic (exact) mass is 147 g/mol. The minimum atomic E-state index is -6.00. The molecule has 0 rings (SSSR count). The van der Waals surface area contributed by atoms with Gasteiger partial charge in [-0.1, -0.05) is 0 Å². The van der Waals surface area contributed by atoms with E-state index in [1.807, 2.05) is 0 Å². The minimum absolute atomic E-state index is 1.42. The molecule has 0 saturated heterocycles. The smallest absolute Gasteiger partial charge is 0.418 e. The van der Waals surface area contributed by atoms with Gasteiger partial charge >= 0.3 is 7.25 Å². The molecule has 0 aliphatic carbocycles. The third-order valence-electron chi connectivity index (χ3n) is 0. The van der Waals surface area contributed by atoms with Gasteiger partial charge < -0.3 is 22.2 Å². The standard InChI is InChI=1S/C3H9N.BF4/c1-4(2)3;2-1(3,4)5/h1-3H3;/q;-1/p+1. The highest BCUT2D eigenvalue weighted by atomic mass is 19.5. The number of halogens is 4. The molecule has 0 spiro atoms. The van der Waals surface area contributed by atoms with E-state index in [1.165, 1.54) is 4.90 Å². The lowest BCUT2D eigenvalue weighted by molar-refractivity contribution is -0.836. The number of quaternary nitrogens is 1. The predicted molar refractivity (Wildman–Crippen MR) is 28.9 cm³/mol. The molecule has 0 heterocycles. The summed E-state index contributed by atoms with van der Waals surface area (Å²) in [5.74, 6) is 0. The summed E-state index contributed by atoms with van der Waals surface area (Å²) >= 11 is 0. The Balaban J connectivity index is 0. The molecule has 1 nitrogen and oxygen atoms in total. The molecule has 0 bridgehead atoms. The first-order valence-corrected chi connectivity index (χ1v) is 2.37. The highest BCUT2D eigenvalue weighted by Gasteiger charge is 2.20. The molecule has 0 aromatic heterocycles. The quantitative estimate of drug-likeness (QED) is 0.365. The molecular formula is C3H10BF4N. The van der Waals surface area contributed by atoms with Gasteiger partial charge in [-0.05, 0) is 0 Å². The fraction of sp³-hybridized carbons (Fsp3) is 1.00. The molecule has 0 unspecified atom stereocenters. The molecule has 0 aliphatic rings. The predicted octanol–water partition coefficient (Wildman–Crippen LogP) is 0.0607. The molecule has 0 aliphatic heterocycles. The van der Waals surface area contributed by atoms with E-state index in [1.54, 1.807) is 0 Å². The van der Waals surface area contributed by atoms with Gasteiger partial charge in [-0.3, -0.25) is 0 Å². The van der Waals surface area contributed by atoms with Gasteiger partial charge in [0.15, 0.2) is 0 Å². The number of rotatable bonds is 0. The van der Waals surface area contributed by atoms with Crippen molar-refractivity contribution in [2.75, 3.05) is 21.1 Å². The van der Waals surface area contributed by atoms with Gasteiger partial charge in [-0.15, -0.1) is 0 Å². The zero-order valence-corrected chi connectivity index (χ0v) is 5.59. The van der Waals surface area contributed by atoms with E-state index >= 15 is 0 Å². The highest BCUT2D eigenvalue weighted by molar-refractivity contribution is 6.50. The van der Waals surface area contributed by atoms with Crippen LogP contribution < -0.4 is 4.90 Å². The van der Waals surface area contributed by atoms with Crippen LogP contribution in [0.2, 0.25) is 0 Å². The van der Waals surface area contributed by atoms with E-state index in [0.29, 0.717) is 0 Å². The normalized spacial score (nSPS) is 10.7. The molecule has 0 saturated carbocycles. The highest BCUT2D eigenvalue weighted by Crippen LogP contribution is 2.06. The zero-order chi connectivity index (χ0) is 8.08. The van der Waals surface area contributed by atoms with Crippen molar-refractivity contribution in [2.24, 2.45) is 0 Å². The van der Waals surface area contributed by atoms with Crippen molar-refractivity contribution >= 4 is 7.25 Å². The third kappa shape index (κ3) is 3930. The molecule has 0 fully saturated rings. The van der Waals surface area contributed by atoms with Crippen LogP contribution in [0.4, 0.5) is 17.3 Å². The molecule has 58 valence electrons. The molecular weight excluding hydrogens is 137 g/mol. The Labute approximate surface area is 51.8 Å². The summed E-state index contributed by atoms with van der Waals surface area (Å²) in [5, 5.41) is 0. The second-order valence-electron chi connectivity index (χ2n) is 1.99. The second kappa shape index (κ2) is 4.61. The Morgan fingerprint density at radius 3 is 0.889 bits per heavy atom. The molecule has 0 aromatic rings. The van der Waals surface area contributed by atoms with Crippen LogP contribution in [-0.4, -0.2) is 28.4 Å². The van der Waals surface area contributed by atoms with Crippen molar-refractivity contribution in [2.45, 2.75) is 0 Å². The average Bonchev–Trinajstić information content (AvgIpc) is 1.19. The van der Waals surface area contributed by atoms with Crippen LogP contribution in [0, 0.1) is 0 Å². The number of nitrogens with one attached hydrogen (secondary N) is 1. The summed E-state index contributed by atoms with van der Waals surface area (Å²) in [5.41, 5.74) is 0. The topological polar surface area (TPSA) is 4.44 Å². The SMILES string of the molecule is C[NH+](C)C.F[B-](F)(F)F. The molecule has 1 N–H and O–H groups in total. The van der Waals surface area contributed by atoms with Gasteiger partial charge in [0.2, 0.25) is 0 Å². The molecule has 0 radical (unpaired) electrons. The van der Waals surface area contributed by atoms with E-state index in [0.717, 1.165) is 0 Å². The summed E-state index contributed by atoms with van der Waals surface area (Å²) < 4.78 is 39.0. The van der Waals surface area contributed by atoms with Crippen LogP contribution in [0.15, 0.2) is 0 Å². The summed E-state index contributed by atoms with van der Waals surface area (Å²) in [6.07, 6.45) is 0. The Hall–Kier alpha value is -0.255. The van der Waals surface area contributed by atoms with E-state index in [2.05, 4.69) is 21.1 Å². The van der Waals surface area contributed by atoms with Crippen molar-refractivity contribution < 1.29 is 22.2 Å². The van der Waals surface area contributed by atoms with Gasteiger partial charge in [0.1, 0.15) is 0 Å². The molecule has 6 heteroatoms. The van der Waals surface area contributed by atoms with Crippen LogP contribution in [0.3, 0.4) is 0 Å². The van der Waals surface area contributed by atoms with Gasteiger partial charge in [0.05, 0.1) is 21.1 Å². The lowest BCUT2D eigenvalue weighted by Crippen LogP contribution is -3.02. The van der Waals surface area contributed by atoms with Crippen LogP contribution in [0.25, 0.3) is 0 Å². The van der Waals surface area contributed by atoms with Crippen LogP contribution >= 0.6 is 0 Å². The first-order chi connectivity index (χ1) is 3.73. The van der Waals surface area contributed by atoms with Gasteiger partial charge in [0.25, 0.3) is 0 Å². The fourth-order valence-corrected chi connectivity index (χ4v) is 0. The third-order valence-corrected chi connectivity index (χ3v) is 0. The van der Waals surface area contributed by atoms with Crippen molar-refractivity contribution in [1.82, 2.24) is 0 Å². The first kappa shape index (κ1) is 11.5. The summed E-state index contributed by atoms with van der Waals surface area (Å²) in [6, 6.07) is 0. The Kier molecular flexibility index (Phi) is 5.90. The van der Waals surface area contributed by atoms with Gasteiger partial charge in [-0.2, -0.15) is 0 Å². The summed E-state index contributed by atoms with van der Waals surface area (Å²) in [6.45, 7) is 0. The first-order valence-electron chi connectivity index (χ1n) is 2.37. The van der Waals surface area contributed by atoms with Crippen molar-refractivity contribution in [3.05, 3.63) is 0 Å². The van der Waals surface area contributed by atoms with E-state index in [-0.39, 0.29) is 0 Å². The van der Waals surface area contributed by atoms with Crippen LogP contribution in [0.1, 0.15) is 0 Å².